The van der Waals surface area contributed by atoms with Crippen LogP contribution in [0.5, 0.6) is 0 Å². The summed E-state index contributed by atoms with van der Waals surface area (Å²) >= 11 is 0. The number of benzene rings is 2. The zero-order valence-electron chi connectivity index (χ0n) is 23.9. The predicted molar refractivity (Wildman–Crippen MR) is 140 cm³/mol. The highest BCUT2D eigenvalue weighted by molar-refractivity contribution is 6.08. The van der Waals surface area contributed by atoms with Gasteiger partial charge in [-0.05, 0) is 36.4 Å². The van der Waals surface area contributed by atoms with Gasteiger partial charge in [-0.25, -0.2) is 13.2 Å². The largest absolute Gasteiger partial charge is 0.368 e. The molecule has 9 nitrogen and oxygen atoms in total. The molecule has 40 heavy (non-hydrogen) atoms. The number of nitrogens with two attached hydrogens (primary N) is 1. The lowest BCUT2D eigenvalue weighted by Crippen LogP contribution is -2.54. The Hall–Kier alpha value is -4.35. The Morgan fingerprint density at radius 3 is 2.58 bits per heavy atom. The van der Waals surface area contributed by atoms with Crippen molar-refractivity contribution in [3.63, 3.8) is 0 Å². The van der Waals surface area contributed by atoms with E-state index in [0.29, 0.717) is 11.3 Å². The smallest absolute Gasteiger partial charge is 0.270 e. The number of H-pyrrole nitrogens is 1. The van der Waals surface area contributed by atoms with Crippen LogP contribution in [0.2, 0.25) is 0 Å². The van der Waals surface area contributed by atoms with Crippen molar-refractivity contribution in [3.05, 3.63) is 65.1 Å². The Labute approximate surface area is 230 Å². The molecule has 12 heteroatoms. The van der Waals surface area contributed by atoms with Crippen LogP contribution in [0.4, 0.5) is 18.9 Å². The average molecular weight is 558 g/mol. The molecule has 1 spiro atoms. The first-order valence-electron chi connectivity index (χ1n) is 13.6. The fourth-order valence-corrected chi connectivity index (χ4v) is 5.67. The second-order valence-corrected chi connectivity index (χ2v) is 10.7. The molecule has 0 radical (unpaired) electrons. The van der Waals surface area contributed by atoms with Gasteiger partial charge in [-0.2, -0.15) is 0 Å². The molecular formula is C28H28F3N5O4. The van der Waals surface area contributed by atoms with Crippen molar-refractivity contribution in [2.75, 3.05) is 18.9 Å². The standard InChI is InChI=1S/C28H28F3N5O4/c1-13(2)8-20(35(3)25(38)19-9-14-16(29)10-17(30)22(31)23(14)33-19)26(39)36-12-28(11-21(36)24(32)37)15-6-4-5-7-18(15)34-27(28)40/h4-7,9-10,13,20-21,33H,8,11-12H2,1-3H3,(H2,32,37)(H,34,40)/t20-,21-,28-/m0/s1/i9D,10D. The molecule has 2 aliphatic rings. The molecular weight excluding hydrogens is 527 g/mol. The first-order chi connectivity index (χ1) is 19.7. The van der Waals surface area contributed by atoms with Crippen LogP contribution >= 0.6 is 0 Å². The van der Waals surface area contributed by atoms with Gasteiger partial charge >= 0.3 is 0 Å². The van der Waals surface area contributed by atoms with Crippen LogP contribution in [0.25, 0.3) is 10.9 Å². The van der Waals surface area contributed by atoms with E-state index in [1.165, 1.54) is 11.9 Å². The van der Waals surface area contributed by atoms with E-state index in [2.05, 4.69) is 10.3 Å². The zero-order valence-corrected chi connectivity index (χ0v) is 21.9. The van der Waals surface area contributed by atoms with E-state index in [-0.39, 0.29) is 25.3 Å². The topological polar surface area (TPSA) is 129 Å². The van der Waals surface area contributed by atoms with Crippen molar-refractivity contribution in [1.29, 1.82) is 0 Å². The Bertz CT molecular complexity index is 1680. The van der Waals surface area contributed by atoms with Crippen LogP contribution in [-0.2, 0) is 19.8 Å². The molecule has 3 atom stereocenters. The minimum atomic E-state index is -1.78. The molecule has 0 bridgehead atoms. The monoisotopic (exact) mass is 557 g/mol. The molecule has 4 N–H and O–H groups in total. The van der Waals surface area contributed by atoms with Crippen molar-refractivity contribution in [2.45, 2.75) is 44.2 Å². The third-order valence-electron chi connectivity index (χ3n) is 7.68. The number of hydrogen-bond donors (Lipinski definition) is 3. The fourth-order valence-electron chi connectivity index (χ4n) is 5.67. The number of nitrogens with zero attached hydrogens (tertiary/aromatic N) is 2. The highest BCUT2D eigenvalue weighted by Crippen LogP contribution is 2.46. The number of carbonyl (C=O) groups excluding carboxylic acids is 4. The summed E-state index contributed by atoms with van der Waals surface area (Å²) < 4.78 is 58.9. The zero-order chi connectivity index (χ0) is 30.8. The quantitative estimate of drug-likeness (QED) is 0.403. The van der Waals surface area contributed by atoms with Crippen LogP contribution in [0.15, 0.2) is 36.4 Å². The number of likely N-dealkylation sites (N-methyl/N-ethyl adjacent to an activating group) is 1. The Morgan fingerprint density at radius 1 is 1.20 bits per heavy atom. The Kier molecular flexibility index (Phi) is 5.97. The van der Waals surface area contributed by atoms with Gasteiger partial charge in [0.15, 0.2) is 11.6 Å². The molecule has 0 saturated carbocycles. The van der Waals surface area contributed by atoms with Gasteiger partial charge in [0.05, 0.1) is 13.7 Å². The number of rotatable bonds is 6. The summed E-state index contributed by atoms with van der Waals surface area (Å²) in [6.07, 6.45) is 0.0159. The Balaban J connectivity index is 1.53. The van der Waals surface area contributed by atoms with Gasteiger partial charge in [-0.1, -0.05) is 32.0 Å². The van der Waals surface area contributed by atoms with Gasteiger partial charge in [0.1, 0.15) is 23.6 Å². The van der Waals surface area contributed by atoms with Crippen molar-refractivity contribution in [1.82, 2.24) is 14.8 Å². The molecule has 1 saturated heterocycles. The summed E-state index contributed by atoms with van der Waals surface area (Å²) in [5.41, 5.74) is 4.21. The number of para-hydroxylation sites is 1. The van der Waals surface area contributed by atoms with Gasteiger partial charge in [0.25, 0.3) is 5.91 Å². The van der Waals surface area contributed by atoms with E-state index in [0.717, 1.165) is 4.90 Å². The molecule has 3 heterocycles. The summed E-state index contributed by atoms with van der Waals surface area (Å²) in [6.45, 7) is 3.40. The highest BCUT2D eigenvalue weighted by atomic mass is 19.2. The highest BCUT2D eigenvalue weighted by Gasteiger charge is 2.57. The summed E-state index contributed by atoms with van der Waals surface area (Å²) in [7, 11) is 1.25. The minimum Gasteiger partial charge on any atom is -0.368 e. The fraction of sp³-hybridized carbons (Fsp3) is 0.357. The molecule has 2 aliphatic heterocycles. The van der Waals surface area contributed by atoms with Crippen LogP contribution < -0.4 is 11.1 Å². The van der Waals surface area contributed by atoms with E-state index in [1.54, 1.807) is 38.1 Å². The van der Waals surface area contributed by atoms with Gasteiger partial charge in [-0.3, -0.25) is 19.2 Å². The second kappa shape index (κ2) is 9.68. The number of amides is 4. The van der Waals surface area contributed by atoms with Gasteiger partial charge < -0.3 is 25.8 Å². The van der Waals surface area contributed by atoms with Crippen molar-refractivity contribution >= 4 is 40.2 Å². The number of likely N-dealkylation sites (tertiary alicyclic amines) is 1. The van der Waals surface area contributed by atoms with Crippen LogP contribution in [0.3, 0.4) is 0 Å². The van der Waals surface area contributed by atoms with E-state index in [9.17, 15) is 32.3 Å². The maximum atomic E-state index is 14.6. The second-order valence-electron chi connectivity index (χ2n) is 10.7. The van der Waals surface area contributed by atoms with Crippen LogP contribution in [-0.4, -0.2) is 64.1 Å². The molecule has 1 aromatic heterocycles. The van der Waals surface area contributed by atoms with E-state index < -0.39 is 87.3 Å². The van der Waals surface area contributed by atoms with Gasteiger partial charge in [-0.15, -0.1) is 0 Å². The van der Waals surface area contributed by atoms with Gasteiger partial charge in [0, 0.05) is 30.7 Å². The van der Waals surface area contributed by atoms with Crippen molar-refractivity contribution in [3.8, 4) is 0 Å². The van der Waals surface area contributed by atoms with E-state index in [4.69, 9.17) is 8.48 Å². The maximum Gasteiger partial charge on any atom is 0.270 e. The lowest BCUT2D eigenvalue weighted by Gasteiger charge is -2.33. The molecule has 5 rings (SSSR count). The molecule has 1 fully saturated rings. The lowest BCUT2D eigenvalue weighted by atomic mass is 9.79. The SMILES string of the molecule is [2H]c1c(F)c(F)c2[nH]c(C(=O)N(C)[C@@H](CC(C)C)C(=O)N3C[C@]4(C[C@H]3C(N)=O)C(=O)Nc3ccccc34)c([2H])c2c1F. The summed E-state index contributed by atoms with van der Waals surface area (Å²) in [6, 6.07) is 2.31. The number of carbonyl (C=O) groups is 4. The van der Waals surface area contributed by atoms with E-state index in [1.807, 2.05) is 0 Å². The molecule has 210 valence electrons. The Morgan fingerprint density at radius 2 is 1.90 bits per heavy atom. The molecule has 0 unspecified atom stereocenters. The van der Waals surface area contributed by atoms with Crippen molar-refractivity contribution < 1.29 is 35.1 Å². The number of hydrogen-bond acceptors (Lipinski definition) is 4. The lowest BCUT2D eigenvalue weighted by molar-refractivity contribution is -0.141. The molecule has 0 aliphatic carbocycles. The van der Waals surface area contributed by atoms with E-state index >= 15 is 0 Å². The van der Waals surface area contributed by atoms with Crippen LogP contribution in [0.1, 0.15) is 45.5 Å². The third-order valence-corrected chi connectivity index (χ3v) is 7.68. The number of aromatic nitrogens is 1. The minimum absolute atomic E-state index is 0.0680. The predicted octanol–water partition coefficient (Wildman–Crippen LogP) is 3.05. The number of aromatic amines is 1. The number of halogens is 3. The summed E-state index contributed by atoms with van der Waals surface area (Å²) in [5, 5.41) is 2.01. The van der Waals surface area contributed by atoms with Crippen LogP contribution in [0, 0.1) is 23.4 Å². The maximum absolute atomic E-state index is 14.6. The molecule has 2 aromatic carbocycles. The normalized spacial score (nSPS) is 21.4. The average Bonchev–Trinajstić information content (AvgIpc) is 3.60. The first-order valence-corrected chi connectivity index (χ1v) is 12.6. The molecule has 4 amide bonds. The van der Waals surface area contributed by atoms with Gasteiger partial charge in [0.2, 0.25) is 17.7 Å². The summed E-state index contributed by atoms with van der Waals surface area (Å²) in [5.74, 6) is -7.99. The third kappa shape index (κ3) is 4.18. The van der Waals surface area contributed by atoms with Crippen molar-refractivity contribution in [2.24, 2.45) is 11.7 Å². The number of fused-ring (bicyclic) bond motifs is 3. The molecule has 3 aromatic rings. The number of nitrogens with one attached hydrogen (secondary N) is 2. The number of anilines is 1. The summed E-state index contributed by atoms with van der Waals surface area (Å²) in [4.78, 5) is 57.9. The number of primary amides is 1. The first kappa shape index (κ1) is 24.7.